The Morgan fingerprint density at radius 3 is 2.56 bits per heavy atom. The van der Waals surface area contributed by atoms with E-state index in [-0.39, 0.29) is 33.5 Å². The molecule has 3 rings (SSSR count). The first-order valence-corrected chi connectivity index (χ1v) is 10.4. The number of imide groups is 2. The molecular weight excluding hydrogens is 459 g/mol. The number of benzene rings is 2. The van der Waals surface area contributed by atoms with Crippen LogP contribution in [0, 0.1) is 0 Å². The summed E-state index contributed by atoms with van der Waals surface area (Å²) in [6, 6.07) is 6.82. The summed E-state index contributed by atoms with van der Waals surface area (Å²) >= 11 is 11.9. The second kappa shape index (κ2) is 9.93. The van der Waals surface area contributed by atoms with Crippen LogP contribution in [0.3, 0.4) is 0 Å². The van der Waals surface area contributed by atoms with Crippen LogP contribution in [0.25, 0.3) is 6.08 Å². The van der Waals surface area contributed by atoms with Gasteiger partial charge < -0.3 is 14.6 Å². The highest BCUT2D eigenvalue weighted by atomic mass is 35.5. The minimum atomic E-state index is -0.896. The minimum absolute atomic E-state index is 0.0431. The Bertz CT molecular complexity index is 1120. The lowest BCUT2D eigenvalue weighted by molar-refractivity contribution is -0.130. The van der Waals surface area contributed by atoms with Crippen molar-refractivity contribution in [2.75, 3.05) is 13.7 Å². The number of carbonyl (C=O) groups excluding carboxylic acids is 3. The highest BCUT2D eigenvalue weighted by molar-refractivity contribution is 6.36. The maximum Gasteiger partial charge on any atom is 0.331 e. The molecule has 0 aliphatic carbocycles. The quantitative estimate of drug-likeness (QED) is 0.457. The molecule has 0 atom stereocenters. The van der Waals surface area contributed by atoms with Gasteiger partial charge in [0.25, 0.3) is 11.8 Å². The van der Waals surface area contributed by atoms with Crippen molar-refractivity contribution in [2.45, 2.75) is 19.9 Å². The van der Waals surface area contributed by atoms with Gasteiger partial charge in [0.1, 0.15) is 11.3 Å². The molecule has 0 bridgehead atoms. The summed E-state index contributed by atoms with van der Waals surface area (Å²) in [6.07, 6.45) is 1.95. The lowest BCUT2D eigenvalue weighted by atomic mass is 10.1. The number of aromatic hydroxyl groups is 1. The third kappa shape index (κ3) is 4.98. The zero-order valence-corrected chi connectivity index (χ0v) is 18.8. The molecule has 2 aromatic carbocycles. The van der Waals surface area contributed by atoms with E-state index in [2.05, 4.69) is 5.32 Å². The lowest BCUT2D eigenvalue weighted by Crippen LogP contribution is -2.53. The van der Waals surface area contributed by atoms with Crippen molar-refractivity contribution in [1.82, 2.24) is 10.2 Å². The van der Waals surface area contributed by atoms with E-state index in [0.29, 0.717) is 23.7 Å². The first-order valence-electron chi connectivity index (χ1n) is 9.61. The zero-order chi connectivity index (χ0) is 23.4. The van der Waals surface area contributed by atoms with E-state index in [1.165, 1.54) is 19.2 Å². The molecule has 2 N–H and O–H groups in total. The molecule has 1 aliphatic heterocycles. The Hall–Kier alpha value is -3.23. The van der Waals surface area contributed by atoms with Crippen molar-refractivity contribution < 1.29 is 29.0 Å². The summed E-state index contributed by atoms with van der Waals surface area (Å²) in [5.41, 5.74) is 0.291. The molecule has 8 nitrogen and oxygen atoms in total. The normalized spacial score (nSPS) is 15.2. The number of nitrogens with zero attached hydrogens (tertiary/aromatic N) is 1. The lowest BCUT2D eigenvalue weighted by Gasteiger charge is -2.26. The van der Waals surface area contributed by atoms with Gasteiger partial charge in [-0.3, -0.25) is 19.8 Å². The largest absolute Gasteiger partial charge is 0.506 e. The standard InChI is InChI=1S/C22H20Cl2N2O6/c1-3-6-32-17-5-4-12(7-18(17)31-2)11-26-21(29)15(20(28)25-22(26)30)9-13-8-14(23)10-16(24)19(13)27/h4-5,7-10,27H,3,6,11H2,1-2H3,(H,25,28,30)/b15-9+. The van der Waals surface area contributed by atoms with Gasteiger partial charge in [-0.2, -0.15) is 0 Å². The van der Waals surface area contributed by atoms with E-state index in [4.69, 9.17) is 32.7 Å². The molecule has 10 heteroatoms. The smallest absolute Gasteiger partial charge is 0.331 e. The maximum atomic E-state index is 13.0. The number of phenols is 1. The fraction of sp³-hybridized carbons (Fsp3) is 0.227. The second-order valence-corrected chi connectivity index (χ2v) is 7.71. The fourth-order valence-electron chi connectivity index (χ4n) is 3.01. The number of barbiturate groups is 1. The van der Waals surface area contributed by atoms with Gasteiger partial charge in [-0.25, -0.2) is 4.79 Å². The van der Waals surface area contributed by atoms with Crippen molar-refractivity contribution in [3.8, 4) is 17.2 Å². The summed E-state index contributed by atoms with van der Waals surface area (Å²) < 4.78 is 10.9. The van der Waals surface area contributed by atoms with Gasteiger partial charge in [0.2, 0.25) is 0 Å². The molecule has 1 heterocycles. The summed E-state index contributed by atoms with van der Waals surface area (Å²) in [7, 11) is 1.48. The third-order valence-electron chi connectivity index (χ3n) is 4.57. The average molecular weight is 479 g/mol. The second-order valence-electron chi connectivity index (χ2n) is 6.87. The van der Waals surface area contributed by atoms with E-state index in [9.17, 15) is 19.5 Å². The Morgan fingerprint density at radius 2 is 1.88 bits per heavy atom. The van der Waals surface area contributed by atoms with E-state index in [1.807, 2.05) is 6.92 Å². The van der Waals surface area contributed by atoms with Gasteiger partial charge >= 0.3 is 6.03 Å². The molecule has 2 aromatic rings. The first kappa shape index (κ1) is 23.4. The molecule has 168 valence electrons. The molecule has 1 aliphatic rings. The predicted octanol–water partition coefficient (Wildman–Crippen LogP) is 4.16. The number of rotatable bonds is 7. The van der Waals surface area contributed by atoms with Crippen LogP contribution in [-0.4, -0.2) is 41.6 Å². The van der Waals surface area contributed by atoms with Crippen LogP contribution >= 0.6 is 23.2 Å². The zero-order valence-electron chi connectivity index (χ0n) is 17.3. The fourth-order valence-corrected chi connectivity index (χ4v) is 3.52. The van der Waals surface area contributed by atoms with Crippen LogP contribution in [0.15, 0.2) is 35.9 Å². The Morgan fingerprint density at radius 1 is 1.12 bits per heavy atom. The first-order chi connectivity index (χ1) is 15.2. The van der Waals surface area contributed by atoms with E-state index in [0.717, 1.165) is 17.4 Å². The van der Waals surface area contributed by atoms with Crippen LogP contribution in [0.1, 0.15) is 24.5 Å². The van der Waals surface area contributed by atoms with E-state index < -0.39 is 17.8 Å². The highest BCUT2D eigenvalue weighted by Gasteiger charge is 2.36. The van der Waals surface area contributed by atoms with Crippen molar-refractivity contribution in [2.24, 2.45) is 0 Å². The van der Waals surface area contributed by atoms with Crippen LogP contribution in [-0.2, 0) is 16.1 Å². The molecule has 0 unspecified atom stereocenters. The number of nitrogens with one attached hydrogen (secondary N) is 1. The maximum absolute atomic E-state index is 13.0. The number of halogens is 2. The van der Waals surface area contributed by atoms with Crippen molar-refractivity contribution >= 4 is 47.1 Å². The van der Waals surface area contributed by atoms with Crippen LogP contribution in [0.5, 0.6) is 17.2 Å². The number of hydrogen-bond donors (Lipinski definition) is 2. The Labute approximate surface area is 194 Å². The molecule has 1 saturated heterocycles. The van der Waals surface area contributed by atoms with Crippen molar-refractivity contribution in [3.05, 3.63) is 57.1 Å². The number of methoxy groups -OCH3 is 1. The molecule has 32 heavy (non-hydrogen) atoms. The number of ether oxygens (including phenoxy) is 2. The van der Waals surface area contributed by atoms with Gasteiger partial charge in [-0.05, 0) is 42.3 Å². The molecule has 0 spiro atoms. The topological polar surface area (TPSA) is 105 Å². The van der Waals surface area contributed by atoms with Crippen LogP contribution in [0.4, 0.5) is 4.79 Å². The van der Waals surface area contributed by atoms with Crippen LogP contribution < -0.4 is 14.8 Å². The molecule has 4 amide bonds. The number of urea groups is 1. The molecule has 0 saturated carbocycles. The number of amides is 4. The monoisotopic (exact) mass is 478 g/mol. The summed E-state index contributed by atoms with van der Waals surface area (Å²) in [6.45, 7) is 2.37. The van der Waals surface area contributed by atoms with Gasteiger partial charge in [-0.15, -0.1) is 0 Å². The number of carbonyl (C=O) groups is 3. The highest BCUT2D eigenvalue weighted by Crippen LogP contribution is 2.33. The summed E-state index contributed by atoms with van der Waals surface area (Å²) in [4.78, 5) is 38.5. The Balaban J connectivity index is 1.91. The van der Waals surface area contributed by atoms with Gasteiger partial charge in [0.15, 0.2) is 11.5 Å². The number of hydrogen-bond acceptors (Lipinski definition) is 6. The van der Waals surface area contributed by atoms with E-state index in [1.54, 1.807) is 18.2 Å². The van der Waals surface area contributed by atoms with Crippen molar-refractivity contribution in [1.29, 1.82) is 0 Å². The van der Waals surface area contributed by atoms with Crippen molar-refractivity contribution in [3.63, 3.8) is 0 Å². The predicted molar refractivity (Wildman–Crippen MR) is 119 cm³/mol. The van der Waals surface area contributed by atoms with E-state index >= 15 is 0 Å². The number of phenolic OH excluding ortho intramolecular Hbond substituents is 1. The third-order valence-corrected chi connectivity index (χ3v) is 5.08. The SMILES string of the molecule is CCCOc1ccc(CN2C(=O)NC(=O)/C(=C\c3cc(Cl)cc(Cl)c3O)C2=O)cc1OC. The van der Waals surface area contributed by atoms with Gasteiger partial charge in [-0.1, -0.05) is 36.2 Å². The molecular formula is C22H20Cl2N2O6. The molecule has 0 radical (unpaired) electrons. The average Bonchev–Trinajstić information content (AvgIpc) is 2.76. The summed E-state index contributed by atoms with van der Waals surface area (Å²) in [5.74, 6) is -1.09. The molecule has 1 fully saturated rings. The van der Waals surface area contributed by atoms with Gasteiger partial charge in [0, 0.05) is 10.6 Å². The van der Waals surface area contributed by atoms with Gasteiger partial charge in [0.05, 0.1) is 25.3 Å². The summed E-state index contributed by atoms with van der Waals surface area (Å²) in [5, 5.41) is 12.4. The minimum Gasteiger partial charge on any atom is -0.506 e. The Kier molecular flexibility index (Phi) is 7.27. The molecule has 0 aromatic heterocycles. The van der Waals surface area contributed by atoms with Crippen LogP contribution in [0.2, 0.25) is 10.0 Å².